The molecular formula is C64H58B3N3. The third-order valence-corrected chi connectivity index (χ3v) is 17.6. The molecule has 6 heteroatoms. The van der Waals surface area contributed by atoms with E-state index in [2.05, 4.69) is 231 Å². The van der Waals surface area contributed by atoms with Gasteiger partial charge in [0.25, 0.3) is 6.71 Å². The van der Waals surface area contributed by atoms with E-state index in [4.69, 9.17) is 0 Å². The highest BCUT2D eigenvalue weighted by Gasteiger charge is 2.56. The topological polar surface area (TPSA) is 11.4 Å². The van der Waals surface area contributed by atoms with Gasteiger partial charge in [0.2, 0.25) is 13.4 Å². The highest BCUT2D eigenvalue weighted by atomic mass is 15.2. The average molecular weight is 902 g/mol. The number of benzene rings is 8. The Labute approximate surface area is 414 Å². The number of hydrogen-bond acceptors (Lipinski definition) is 2. The summed E-state index contributed by atoms with van der Waals surface area (Å²) in [4.78, 5) is 5.45. The molecular weight excluding hydrogens is 843 g/mol. The molecule has 3 nitrogen and oxygen atoms in total. The van der Waals surface area contributed by atoms with E-state index in [1.807, 2.05) is 0 Å². The van der Waals surface area contributed by atoms with Gasteiger partial charge in [0, 0.05) is 50.6 Å². The second kappa shape index (κ2) is 12.8. The van der Waals surface area contributed by atoms with Gasteiger partial charge in [-0.1, -0.05) is 185 Å². The molecule has 9 aromatic rings. The molecule has 7 heterocycles. The number of aromatic nitrogens is 1. The predicted octanol–water partition coefficient (Wildman–Crippen LogP) is 10.0. The fourth-order valence-electron chi connectivity index (χ4n) is 14.1. The van der Waals surface area contributed by atoms with Crippen molar-refractivity contribution in [3.05, 3.63) is 156 Å². The summed E-state index contributed by atoms with van der Waals surface area (Å²) in [7, 11) is 0. The third-order valence-electron chi connectivity index (χ3n) is 17.6. The number of fused-ring (bicyclic) bond motifs is 8. The van der Waals surface area contributed by atoms with E-state index in [0.717, 1.165) is 0 Å². The van der Waals surface area contributed by atoms with Crippen LogP contribution < -0.4 is 59.0 Å². The van der Waals surface area contributed by atoms with Gasteiger partial charge in [-0.25, -0.2) is 0 Å². The maximum atomic E-state index is 2.82. The lowest BCUT2D eigenvalue weighted by Crippen LogP contribution is -2.72. The molecule has 0 amide bonds. The molecule has 0 unspecified atom stereocenters. The lowest BCUT2D eigenvalue weighted by Gasteiger charge is -2.52. The van der Waals surface area contributed by atoms with Crippen LogP contribution in [0.2, 0.25) is 0 Å². The maximum absolute atomic E-state index is 2.82. The summed E-state index contributed by atoms with van der Waals surface area (Å²) in [6, 6.07) is 54.0. The number of rotatable bonds is 2. The largest absolute Gasteiger partial charge is 0.313 e. The smallest absolute Gasteiger partial charge is 0.257 e. The average Bonchev–Trinajstić information content (AvgIpc) is 3.84. The summed E-state index contributed by atoms with van der Waals surface area (Å²) in [5.74, 6) is 0. The first kappa shape index (κ1) is 41.2. The minimum Gasteiger partial charge on any atom is -0.313 e. The number of nitrogens with zero attached hydrogens (tertiary/aromatic N) is 3. The van der Waals surface area contributed by atoms with Crippen LogP contribution in [0.3, 0.4) is 0 Å². The fourth-order valence-corrected chi connectivity index (χ4v) is 14.1. The molecule has 15 rings (SSSR count). The van der Waals surface area contributed by atoms with Gasteiger partial charge in [0.15, 0.2) is 0 Å². The highest BCUT2D eigenvalue weighted by Crippen LogP contribution is 2.51. The Balaban J connectivity index is 1.11. The Morgan fingerprint density at radius 1 is 0.343 bits per heavy atom. The van der Waals surface area contributed by atoms with Crippen LogP contribution >= 0.6 is 0 Å². The van der Waals surface area contributed by atoms with Crippen molar-refractivity contribution in [2.45, 2.75) is 105 Å². The Morgan fingerprint density at radius 3 is 1.50 bits per heavy atom. The van der Waals surface area contributed by atoms with Gasteiger partial charge in [-0.2, -0.15) is 0 Å². The Bertz CT molecular complexity index is 3880. The van der Waals surface area contributed by atoms with E-state index in [1.165, 1.54) is 144 Å². The van der Waals surface area contributed by atoms with Crippen LogP contribution in [-0.4, -0.2) is 24.7 Å². The van der Waals surface area contributed by atoms with Crippen molar-refractivity contribution in [3.63, 3.8) is 0 Å². The minimum atomic E-state index is 0.0218. The van der Waals surface area contributed by atoms with Crippen molar-refractivity contribution in [1.29, 1.82) is 0 Å². The normalized spacial score (nSPS) is 15.3. The van der Waals surface area contributed by atoms with Crippen molar-refractivity contribution >= 4 is 125 Å². The molecule has 0 fully saturated rings. The molecule has 0 bridgehead atoms. The molecule has 0 radical (unpaired) electrons. The molecule has 70 heavy (non-hydrogen) atoms. The van der Waals surface area contributed by atoms with Crippen molar-refractivity contribution in [3.8, 4) is 16.8 Å². The number of hydrogen-bond donors (Lipinski definition) is 0. The lowest BCUT2D eigenvalue weighted by atomic mass is 9.26. The molecule has 1 aromatic heterocycles. The van der Waals surface area contributed by atoms with E-state index in [0.29, 0.717) is 0 Å². The molecule has 0 saturated carbocycles. The molecule has 338 valence electrons. The Kier molecular flexibility index (Phi) is 7.53. The summed E-state index contributed by atoms with van der Waals surface area (Å²) >= 11 is 0. The first-order valence-corrected chi connectivity index (χ1v) is 25.9. The molecule has 8 aromatic carbocycles. The Hall–Kier alpha value is -6.65. The summed E-state index contributed by atoms with van der Waals surface area (Å²) in [5.41, 5.74) is 33.3. The van der Waals surface area contributed by atoms with Gasteiger partial charge in [0.05, 0.1) is 11.0 Å². The Morgan fingerprint density at radius 2 is 0.843 bits per heavy atom. The first-order chi connectivity index (χ1) is 33.3. The summed E-state index contributed by atoms with van der Waals surface area (Å²) in [6.07, 6.45) is 0. The van der Waals surface area contributed by atoms with E-state index in [1.54, 1.807) is 0 Å². The van der Waals surface area contributed by atoms with Gasteiger partial charge < -0.3 is 14.4 Å². The second-order valence-corrected chi connectivity index (χ2v) is 25.7. The summed E-state index contributed by atoms with van der Waals surface area (Å²) < 4.78 is 2.68. The van der Waals surface area contributed by atoms with Crippen molar-refractivity contribution in [2.75, 3.05) is 9.80 Å². The van der Waals surface area contributed by atoms with Crippen LogP contribution in [-0.2, 0) is 21.7 Å². The van der Waals surface area contributed by atoms with Gasteiger partial charge >= 0.3 is 0 Å². The predicted molar refractivity (Wildman–Crippen MR) is 304 cm³/mol. The molecule has 0 aliphatic carbocycles. The minimum absolute atomic E-state index is 0.0218. The van der Waals surface area contributed by atoms with Gasteiger partial charge in [-0.15, -0.1) is 0 Å². The van der Waals surface area contributed by atoms with Crippen LogP contribution in [0.25, 0.3) is 38.6 Å². The van der Waals surface area contributed by atoms with Gasteiger partial charge in [-0.05, 0) is 136 Å². The van der Waals surface area contributed by atoms with Gasteiger partial charge in [-0.3, -0.25) is 0 Å². The quantitative estimate of drug-likeness (QED) is 0.160. The summed E-state index contributed by atoms with van der Waals surface area (Å²) in [6.45, 7) is 28.3. The lowest BCUT2D eigenvalue weighted by molar-refractivity contribution is 0.590. The second-order valence-electron chi connectivity index (χ2n) is 25.7. The van der Waals surface area contributed by atoms with E-state index in [-0.39, 0.29) is 41.8 Å². The SMILES string of the molecule is CC(C)(C)c1ccc(B2c3ccc4c5c3N3c6c(ccc7c6B6c8c(ccc2c83)-n2c3ccc(C(C)(C)C)cc3c3ccc(c6c32)N7c2ccc(C(C)(C)C)cc2)B5c2ccc(C(C)(C)C)cc2-4)cc1. The first-order valence-electron chi connectivity index (χ1n) is 25.9. The molecule has 0 saturated heterocycles. The highest BCUT2D eigenvalue weighted by molar-refractivity contribution is 7.09. The van der Waals surface area contributed by atoms with Crippen LogP contribution in [0.1, 0.15) is 105 Å². The zero-order valence-corrected chi connectivity index (χ0v) is 42.8. The molecule has 0 atom stereocenters. The maximum Gasteiger partial charge on any atom is 0.257 e. The van der Waals surface area contributed by atoms with Crippen molar-refractivity contribution in [1.82, 2.24) is 4.57 Å². The van der Waals surface area contributed by atoms with E-state index < -0.39 is 0 Å². The van der Waals surface area contributed by atoms with Crippen molar-refractivity contribution < 1.29 is 0 Å². The zero-order valence-electron chi connectivity index (χ0n) is 42.8. The van der Waals surface area contributed by atoms with E-state index >= 15 is 0 Å². The van der Waals surface area contributed by atoms with Crippen LogP contribution in [0, 0.1) is 0 Å². The monoisotopic (exact) mass is 901 g/mol. The number of anilines is 6. The van der Waals surface area contributed by atoms with Crippen LogP contribution in [0.15, 0.2) is 133 Å². The van der Waals surface area contributed by atoms with Gasteiger partial charge in [0.1, 0.15) is 0 Å². The standard InChI is InChI=1S/C64H58B3N3/c1-61(2,3)35-13-19-39(20-14-35)65-46-26-23-41-43-33-37(63(7,8)9)17-25-45(43)66-48-28-31-51-55-60(48)70(58(46)53(41)66)59-47(65)27-32-52-56(59)67(55)54-50(68(51)40-21-15-36(16-22-40)62(4,5)6)30-24-42-44-34-38(64(10,11)12)18-29-49(44)69(52)57(42)54/h13-34H,1-12H3. The molecule has 0 N–H and O–H groups in total. The molecule has 6 aliphatic rings. The fraction of sp³-hybridized carbons (Fsp3) is 0.250. The third kappa shape index (κ3) is 5.00. The van der Waals surface area contributed by atoms with Crippen LogP contribution in [0.5, 0.6) is 0 Å². The molecule has 0 spiro atoms. The summed E-state index contributed by atoms with van der Waals surface area (Å²) in [5, 5.41) is 2.68. The van der Waals surface area contributed by atoms with Crippen molar-refractivity contribution in [2.24, 2.45) is 0 Å². The van der Waals surface area contributed by atoms with Crippen LogP contribution in [0.4, 0.5) is 34.1 Å². The molecule has 6 aliphatic heterocycles. The zero-order chi connectivity index (χ0) is 48.0. The van der Waals surface area contributed by atoms with E-state index in [9.17, 15) is 0 Å².